The second-order valence-electron chi connectivity index (χ2n) is 5.82. The molecule has 0 bridgehead atoms. The number of para-hydroxylation sites is 1. The predicted octanol–water partition coefficient (Wildman–Crippen LogP) is 1.51. The van der Waals surface area contributed by atoms with Gasteiger partial charge in [-0.15, -0.1) is 0 Å². The maximum Gasteiger partial charge on any atom is 0.239 e. The van der Waals surface area contributed by atoms with Gasteiger partial charge in [0.2, 0.25) is 5.91 Å². The van der Waals surface area contributed by atoms with E-state index < -0.39 is 0 Å². The molecular formula is C16H25N3O. The van der Waals surface area contributed by atoms with Crippen LogP contribution in [0.2, 0.25) is 0 Å². The fraction of sp³-hybridized carbons (Fsp3) is 0.562. The van der Waals surface area contributed by atoms with Gasteiger partial charge >= 0.3 is 0 Å². The lowest BCUT2D eigenvalue weighted by Gasteiger charge is -2.24. The summed E-state index contributed by atoms with van der Waals surface area (Å²) in [6, 6.07) is 8.77. The van der Waals surface area contributed by atoms with E-state index in [2.05, 4.69) is 40.2 Å². The van der Waals surface area contributed by atoms with Gasteiger partial charge in [-0.25, -0.2) is 0 Å². The van der Waals surface area contributed by atoms with Crippen LogP contribution in [0.5, 0.6) is 0 Å². The van der Waals surface area contributed by atoms with Gasteiger partial charge in [0, 0.05) is 18.3 Å². The number of hydrogen-bond donors (Lipinski definition) is 1. The number of carbonyl (C=O) groups is 1. The van der Waals surface area contributed by atoms with E-state index in [0.29, 0.717) is 12.6 Å². The molecule has 0 aliphatic carbocycles. The van der Waals surface area contributed by atoms with Crippen molar-refractivity contribution in [2.45, 2.75) is 25.8 Å². The van der Waals surface area contributed by atoms with Crippen molar-refractivity contribution in [2.75, 3.05) is 38.6 Å². The van der Waals surface area contributed by atoms with Crippen LogP contribution in [0.15, 0.2) is 24.3 Å². The molecule has 110 valence electrons. The highest BCUT2D eigenvalue weighted by molar-refractivity contribution is 5.82. The maximum atomic E-state index is 12.0. The second-order valence-corrected chi connectivity index (χ2v) is 5.82. The molecule has 0 aromatic heterocycles. The second kappa shape index (κ2) is 6.75. The zero-order valence-corrected chi connectivity index (χ0v) is 12.7. The number of anilines is 1. The van der Waals surface area contributed by atoms with Gasteiger partial charge in [-0.05, 0) is 52.0 Å². The molecule has 1 aromatic carbocycles. The van der Waals surface area contributed by atoms with Gasteiger partial charge in [-0.1, -0.05) is 18.2 Å². The molecular weight excluding hydrogens is 250 g/mol. The minimum Gasteiger partial charge on any atom is -0.359 e. The molecule has 1 aliphatic rings. The monoisotopic (exact) mass is 275 g/mol. The zero-order valence-electron chi connectivity index (χ0n) is 12.7. The Kier molecular flexibility index (Phi) is 5.01. The number of nitrogens with zero attached hydrogens (tertiary/aromatic N) is 2. The van der Waals surface area contributed by atoms with E-state index in [0.717, 1.165) is 25.9 Å². The van der Waals surface area contributed by atoms with E-state index >= 15 is 0 Å². The number of amides is 1. The number of hydrogen-bond acceptors (Lipinski definition) is 3. The van der Waals surface area contributed by atoms with E-state index in [4.69, 9.17) is 0 Å². The molecule has 1 unspecified atom stereocenters. The van der Waals surface area contributed by atoms with Crippen LogP contribution in [0.3, 0.4) is 0 Å². The van der Waals surface area contributed by atoms with Gasteiger partial charge < -0.3 is 15.1 Å². The fourth-order valence-corrected chi connectivity index (χ4v) is 2.70. The Labute approximate surface area is 121 Å². The van der Waals surface area contributed by atoms with E-state index in [9.17, 15) is 4.79 Å². The fourth-order valence-electron chi connectivity index (χ4n) is 2.70. The molecule has 1 atom stereocenters. The van der Waals surface area contributed by atoms with Crippen molar-refractivity contribution in [2.24, 2.45) is 0 Å². The van der Waals surface area contributed by atoms with Crippen LogP contribution in [0.1, 0.15) is 18.9 Å². The summed E-state index contributed by atoms with van der Waals surface area (Å²) >= 11 is 0. The van der Waals surface area contributed by atoms with Crippen molar-refractivity contribution < 1.29 is 4.79 Å². The Morgan fingerprint density at radius 2 is 2.15 bits per heavy atom. The van der Waals surface area contributed by atoms with Crippen molar-refractivity contribution in [3.8, 4) is 0 Å². The van der Waals surface area contributed by atoms with Crippen molar-refractivity contribution in [3.05, 3.63) is 29.8 Å². The zero-order chi connectivity index (χ0) is 14.5. The summed E-state index contributed by atoms with van der Waals surface area (Å²) < 4.78 is 0. The van der Waals surface area contributed by atoms with Gasteiger partial charge in [0.05, 0.1) is 6.54 Å². The summed E-state index contributed by atoms with van der Waals surface area (Å²) in [4.78, 5) is 16.4. The summed E-state index contributed by atoms with van der Waals surface area (Å²) in [6.45, 7) is 4.39. The molecule has 1 amide bonds. The molecule has 4 nitrogen and oxygen atoms in total. The molecule has 1 N–H and O–H groups in total. The largest absolute Gasteiger partial charge is 0.359 e. The first-order chi connectivity index (χ1) is 9.58. The summed E-state index contributed by atoms with van der Waals surface area (Å²) in [5.74, 6) is 0.118. The Hall–Kier alpha value is -1.55. The molecule has 20 heavy (non-hydrogen) atoms. The quantitative estimate of drug-likeness (QED) is 0.799. The van der Waals surface area contributed by atoms with Gasteiger partial charge in [0.25, 0.3) is 0 Å². The molecule has 1 aromatic rings. The lowest BCUT2D eigenvalue weighted by atomic mass is 10.1. The normalized spacial score (nSPS) is 17.4. The summed E-state index contributed by atoms with van der Waals surface area (Å²) in [7, 11) is 4.09. The summed E-state index contributed by atoms with van der Waals surface area (Å²) in [5, 5.41) is 3.01. The van der Waals surface area contributed by atoms with Crippen LogP contribution >= 0.6 is 0 Å². The van der Waals surface area contributed by atoms with Crippen LogP contribution in [-0.2, 0) is 11.2 Å². The third kappa shape index (κ3) is 3.73. The van der Waals surface area contributed by atoms with E-state index in [1.165, 1.54) is 11.3 Å². The number of carbonyl (C=O) groups excluding carboxylic acids is 1. The van der Waals surface area contributed by atoms with Crippen LogP contribution in [0.4, 0.5) is 5.69 Å². The van der Waals surface area contributed by atoms with Gasteiger partial charge in [0.1, 0.15) is 0 Å². The molecule has 4 heteroatoms. The van der Waals surface area contributed by atoms with Crippen LogP contribution < -0.4 is 10.2 Å². The van der Waals surface area contributed by atoms with E-state index in [1.54, 1.807) is 0 Å². The number of fused-ring (bicyclic) bond motifs is 1. The van der Waals surface area contributed by atoms with Gasteiger partial charge in [0.15, 0.2) is 0 Å². The van der Waals surface area contributed by atoms with Gasteiger partial charge in [-0.2, -0.15) is 0 Å². The Balaban J connectivity index is 1.82. The topological polar surface area (TPSA) is 35.6 Å². The Morgan fingerprint density at radius 3 is 2.90 bits per heavy atom. The lowest BCUT2D eigenvalue weighted by Crippen LogP contribution is -2.40. The van der Waals surface area contributed by atoms with Crippen molar-refractivity contribution >= 4 is 11.6 Å². The maximum absolute atomic E-state index is 12.0. The first-order valence-corrected chi connectivity index (χ1v) is 7.34. The molecule has 0 saturated carbocycles. The van der Waals surface area contributed by atoms with E-state index in [1.807, 2.05) is 20.2 Å². The smallest absolute Gasteiger partial charge is 0.239 e. The summed E-state index contributed by atoms with van der Waals surface area (Å²) in [5.41, 5.74) is 2.56. The highest BCUT2D eigenvalue weighted by Gasteiger charge is 2.26. The number of rotatable bonds is 6. The van der Waals surface area contributed by atoms with Crippen LogP contribution in [0, 0.1) is 0 Å². The first-order valence-electron chi connectivity index (χ1n) is 7.34. The molecule has 0 saturated heterocycles. The first kappa shape index (κ1) is 14.9. The number of benzene rings is 1. The molecule has 0 radical (unpaired) electrons. The number of nitrogens with one attached hydrogen (secondary N) is 1. The highest BCUT2D eigenvalue weighted by Crippen LogP contribution is 2.31. The molecule has 0 spiro atoms. The van der Waals surface area contributed by atoms with Crippen LogP contribution in [0.25, 0.3) is 0 Å². The average Bonchev–Trinajstić information content (AvgIpc) is 2.71. The summed E-state index contributed by atoms with van der Waals surface area (Å²) in [6.07, 6.45) is 2.02. The SMILES string of the molecule is CC1Cc2ccccc2N1CC(=O)NCCCN(C)C. The minimum atomic E-state index is 0.118. The predicted molar refractivity (Wildman–Crippen MR) is 83.1 cm³/mol. The van der Waals surface area contributed by atoms with E-state index in [-0.39, 0.29) is 5.91 Å². The van der Waals surface area contributed by atoms with Crippen molar-refractivity contribution in [3.63, 3.8) is 0 Å². The highest BCUT2D eigenvalue weighted by atomic mass is 16.2. The average molecular weight is 275 g/mol. The lowest BCUT2D eigenvalue weighted by molar-refractivity contribution is -0.119. The van der Waals surface area contributed by atoms with Crippen LogP contribution in [-0.4, -0.2) is 50.6 Å². The third-order valence-electron chi connectivity index (χ3n) is 3.77. The van der Waals surface area contributed by atoms with Crippen molar-refractivity contribution in [1.82, 2.24) is 10.2 Å². The minimum absolute atomic E-state index is 0.118. The molecule has 1 aliphatic heterocycles. The van der Waals surface area contributed by atoms with Crippen molar-refractivity contribution in [1.29, 1.82) is 0 Å². The standard InChI is InChI=1S/C16H25N3O/c1-13-11-14-7-4-5-8-15(14)19(13)12-16(20)17-9-6-10-18(2)3/h4-5,7-8,13H,6,9-12H2,1-3H3,(H,17,20). The molecule has 2 rings (SSSR count). The molecule has 0 fully saturated rings. The molecule has 1 heterocycles. The third-order valence-corrected chi connectivity index (χ3v) is 3.77. The van der Waals surface area contributed by atoms with Gasteiger partial charge in [-0.3, -0.25) is 4.79 Å². The Bertz CT molecular complexity index is 459. The Morgan fingerprint density at radius 1 is 1.40 bits per heavy atom.